The molecule has 0 saturated carbocycles. The molecule has 4 rings (SSSR count). The van der Waals surface area contributed by atoms with E-state index in [1.54, 1.807) is 6.08 Å². The van der Waals surface area contributed by atoms with Crippen LogP contribution in [0, 0.1) is 0 Å². The van der Waals surface area contributed by atoms with E-state index in [4.69, 9.17) is 0 Å². The fraction of sp³-hybridized carbons (Fsp3) is 0.385. The minimum Gasteiger partial charge on any atom is -0.337 e. The van der Waals surface area contributed by atoms with Gasteiger partial charge in [-0.05, 0) is 54.3 Å². The second-order valence-electron chi connectivity index (χ2n) is 8.13. The Hall–Kier alpha value is -2.37. The van der Waals surface area contributed by atoms with Gasteiger partial charge in [-0.1, -0.05) is 62.0 Å². The Bertz CT molecular complexity index is 920. The predicted octanol–water partition coefficient (Wildman–Crippen LogP) is 4.41. The number of likely N-dealkylation sites (tertiary alicyclic amines) is 1. The Morgan fingerprint density at radius 1 is 1.06 bits per heavy atom. The van der Waals surface area contributed by atoms with Crippen LogP contribution in [0.1, 0.15) is 48.6 Å². The minimum atomic E-state index is 0. The molecule has 0 bridgehead atoms. The van der Waals surface area contributed by atoms with Crippen molar-refractivity contribution in [2.45, 2.75) is 39.2 Å². The van der Waals surface area contributed by atoms with E-state index in [2.05, 4.69) is 17.0 Å². The van der Waals surface area contributed by atoms with Gasteiger partial charge in [0.1, 0.15) is 0 Å². The van der Waals surface area contributed by atoms with Crippen LogP contribution in [0.2, 0.25) is 0 Å². The van der Waals surface area contributed by atoms with Crippen LogP contribution in [-0.4, -0.2) is 48.2 Å². The van der Waals surface area contributed by atoms with E-state index in [1.165, 1.54) is 18.4 Å². The first-order valence-corrected chi connectivity index (χ1v) is 10.5. The molecule has 1 saturated heterocycles. The van der Waals surface area contributed by atoms with Gasteiger partial charge < -0.3 is 9.80 Å². The molecular formula is C26H34N2O2S. The first kappa shape index (κ1) is 24.9. The van der Waals surface area contributed by atoms with Crippen molar-refractivity contribution in [3.63, 3.8) is 0 Å². The molecule has 5 heteroatoms. The molecule has 1 amide bonds. The Morgan fingerprint density at radius 3 is 2.48 bits per heavy atom. The maximum atomic E-state index is 13.2. The number of carbonyl (C=O) groups excluding carboxylic acids is 2. The fourth-order valence-corrected chi connectivity index (χ4v) is 4.31. The number of fused-ring (bicyclic) bond motifs is 1. The van der Waals surface area contributed by atoms with E-state index in [1.807, 2.05) is 54.4 Å². The molecule has 2 aromatic rings. The molecule has 1 heterocycles. The molecule has 0 radical (unpaired) electrons. The van der Waals surface area contributed by atoms with Crippen molar-refractivity contribution >= 4 is 31.3 Å². The van der Waals surface area contributed by atoms with Crippen molar-refractivity contribution < 1.29 is 9.59 Å². The highest BCUT2D eigenvalue weighted by molar-refractivity contribution is 7.59. The summed E-state index contributed by atoms with van der Waals surface area (Å²) in [6.07, 6.45) is 6.79. The van der Waals surface area contributed by atoms with Crippen molar-refractivity contribution in [1.29, 1.82) is 0 Å². The second kappa shape index (κ2) is 11.3. The molecule has 2 aromatic carbocycles. The topological polar surface area (TPSA) is 40.6 Å². The lowest BCUT2D eigenvalue weighted by Gasteiger charge is -2.32. The zero-order valence-electron chi connectivity index (χ0n) is 17.5. The van der Waals surface area contributed by atoms with Crippen molar-refractivity contribution in [1.82, 2.24) is 9.80 Å². The molecule has 1 fully saturated rings. The summed E-state index contributed by atoms with van der Waals surface area (Å²) in [5.74, 6) is 0.252. The molecule has 1 aliphatic heterocycles. The smallest absolute Gasteiger partial charge is 0.227 e. The van der Waals surface area contributed by atoms with Gasteiger partial charge in [-0.15, -0.1) is 0 Å². The first-order chi connectivity index (χ1) is 14.1. The predicted molar refractivity (Wildman–Crippen MR) is 133 cm³/mol. The Morgan fingerprint density at radius 2 is 1.77 bits per heavy atom. The fourth-order valence-electron chi connectivity index (χ4n) is 4.31. The van der Waals surface area contributed by atoms with Crippen LogP contribution >= 0.6 is 13.5 Å². The summed E-state index contributed by atoms with van der Waals surface area (Å²) in [5, 5.41) is 0. The van der Waals surface area contributed by atoms with Crippen molar-refractivity contribution in [3.8, 4) is 0 Å². The third-order valence-electron chi connectivity index (χ3n) is 6.05. The molecule has 31 heavy (non-hydrogen) atoms. The van der Waals surface area contributed by atoms with Crippen molar-refractivity contribution in [3.05, 3.63) is 76.9 Å². The van der Waals surface area contributed by atoms with E-state index < -0.39 is 0 Å². The van der Waals surface area contributed by atoms with Gasteiger partial charge >= 0.3 is 0 Å². The molecule has 0 spiro atoms. The number of allylic oxidation sites excluding steroid dienone is 1. The lowest BCUT2D eigenvalue weighted by molar-refractivity contribution is -0.131. The van der Waals surface area contributed by atoms with Crippen LogP contribution in [0.5, 0.6) is 0 Å². The number of benzene rings is 2. The average Bonchev–Trinajstić information content (AvgIpc) is 3.25. The summed E-state index contributed by atoms with van der Waals surface area (Å²) >= 11 is 0. The standard InChI is InChI=1S/C25H28N2O2.CH4.H2S/c1-26(24(18-27-13-5-6-14-27)20-7-3-2-4-8-20)25(29)16-19-9-10-22-17-23(28)12-11-21(22)15-19;;/h2-4,7-12,15,24H,5-6,13-14,16-18H2,1H3;1H4;1H2/t24-;;/m1../s1. The summed E-state index contributed by atoms with van der Waals surface area (Å²) in [5.41, 5.74) is 4.27. The third-order valence-corrected chi connectivity index (χ3v) is 6.05. The maximum absolute atomic E-state index is 13.2. The van der Waals surface area contributed by atoms with Gasteiger partial charge in [0.25, 0.3) is 0 Å². The van der Waals surface area contributed by atoms with Crippen LogP contribution < -0.4 is 0 Å². The zero-order valence-corrected chi connectivity index (χ0v) is 18.5. The molecule has 0 unspecified atom stereocenters. The van der Waals surface area contributed by atoms with Crippen LogP contribution in [-0.2, 0) is 22.4 Å². The van der Waals surface area contributed by atoms with E-state index in [0.29, 0.717) is 12.8 Å². The van der Waals surface area contributed by atoms with Gasteiger partial charge in [-0.3, -0.25) is 9.59 Å². The first-order valence-electron chi connectivity index (χ1n) is 10.5. The Balaban J connectivity index is 0.00000171. The number of amides is 1. The molecule has 0 N–H and O–H groups in total. The van der Waals surface area contributed by atoms with Gasteiger partial charge in [-0.2, -0.15) is 13.5 Å². The number of nitrogens with zero attached hydrogens (tertiary/aromatic N) is 2. The second-order valence-corrected chi connectivity index (χ2v) is 8.13. The largest absolute Gasteiger partial charge is 0.337 e. The molecule has 1 aliphatic carbocycles. The lowest BCUT2D eigenvalue weighted by atomic mass is 9.94. The van der Waals surface area contributed by atoms with Gasteiger partial charge in [0.15, 0.2) is 5.78 Å². The van der Waals surface area contributed by atoms with E-state index in [-0.39, 0.29) is 38.7 Å². The number of carbonyl (C=O) groups is 2. The summed E-state index contributed by atoms with van der Waals surface area (Å²) in [7, 11) is 1.92. The van der Waals surface area contributed by atoms with E-state index in [9.17, 15) is 9.59 Å². The minimum absolute atomic E-state index is 0. The molecule has 4 nitrogen and oxygen atoms in total. The van der Waals surface area contributed by atoms with E-state index in [0.717, 1.165) is 36.3 Å². The van der Waals surface area contributed by atoms with Gasteiger partial charge in [0, 0.05) is 20.0 Å². The third kappa shape index (κ3) is 6.08. The quantitative estimate of drug-likeness (QED) is 0.671. The summed E-state index contributed by atoms with van der Waals surface area (Å²) in [6.45, 7) is 3.10. The molecule has 0 aromatic heterocycles. The monoisotopic (exact) mass is 438 g/mol. The highest BCUT2D eigenvalue weighted by Crippen LogP contribution is 2.25. The summed E-state index contributed by atoms with van der Waals surface area (Å²) < 4.78 is 0. The summed E-state index contributed by atoms with van der Waals surface area (Å²) in [6, 6.07) is 16.4. The molecule has 2 aliphatic rings. The number of ketones is 1. The van der Waals surface area contributed by atoms with Gasteiger partial charge in [0.2, 0.25) is 5.91 Å². The Labute approximate surface area is 193 Å². The average molecular weight is 439 g/mol. The maximum Gasteiger partial charge on any atom is 0.227 e. The highest BCUT2D eigenvalue weighted by Gasteiger charge is 2.25. The van der Waals surface area contributed by atoms with Crippen LogP contribution in [0.15, 0.2) is 54.6 Å². The number of likely N-dealkylation sites (N-methyl/N-ethyl adjacent to an activating group) is 1. The number of hydrogen-bond donors (Lipinski definition) is 0. The summed E-state index contributed by atoms with van der Waals surface area (Å²) in [4.78, 5) is 29.1. The molecule has 166 valence electrons. The zero-order chi connectivity index (χ0) is 20.2. The number of hydrogen-bond acceptors (Lipinski definition) is 3. The van der Waals surface area contributed by atoms with Crippen LogP contribution in [0.3, 0.4) is 0 Å². The van der Waals surface area contributed by atoms with Crippen molar-refractivity contribution in [2.75, 3.05) is 26.7 Å². The Kier molecular flexibility index (Phi) is 9.08. The van der Waals surface area contributed by atoms with Gasteiger partial charge in [0.05, 0.1) is 12.5 Å². The van der Waals surface area contributed by atoms with Crippen LogP contribution in [0.4, 0.5) is 0 Å². The highest BCUT2D eigenvalue weighted by atomic mass is 32.1. The SMILES string of the molecule is C.CN(C(=O)Cc1ccc2c(c1)C=CC(=O)C2)[C@H](CN1CCCC1)c1ccccc1.S. The normalized spacial score (nSPS) is 16.1. The molecule has 1 atom stereocenters. The number of rotatable bonds is 6. The van der Waals surface area contributed by atoms with Crippen molar-refractivity contribution in [2.24, 2.45) is 0 Å². The lowest BCUT2D eigenvalue weighted by Crippen LogP contribution is -2.39. The molecular weight excluding hydrogens is 404 g/mol. The van der Waals surface area contributed by atoms with Gasteiger partial charge in [-0.25, -0.2) is 0 Å². The van der Waals surface area contributed by atoms with E-state index >= 15 is 0 Å². The van der Waals surface area contributed by atoms with Crippen LogP contribution in [0.25, 0.3) is 6.08 Å².